The quantitative estimate of drug-likeness (QED) is 0.882. The Labute approximate surface area is 142 Å². The smallest absolute Gasteiger partial charge is 0.243 e. The van der Waals surface area contributed by atoms with Gasteiger partial charge >= 0.3 is 0 Å². The largest absolute Gasteiger partial charge is 0.354 e. The van der Waals surface area contributed by atoms with Crippen molar-refractivity contribution in [2.45, 2.75) is 39.7 Å². The minimum absolute atomic E-state index is 0.0618. The first-order valence-electron chi connectivity index (χ1n) is 7.89. The van der Waals surface area contributed by atoms with Crippen LogP contribution in [0.2, 0.25) is 0 Å². The molecule has 0 aromatic carbocycles. The van der Waals surface area contributed by atoms with Gasteiger partial charge in [0.15, 0.2) is 0 Å². The van der Waals surface area contributed by atoms with Gasteiger partial charge in [-0.2, -0.15) is 0 Å². The summed E-state index contributed by atoms with van der Waals surface area (Å²) in [5.74, 6) is 2.21. The lowest BCUT2D eigenvalue weighted by Gasteiger charge is -2.26. The molecule has 128 valence electrons. The van der Waals surface area contributed by atoms with E-state index in [1.165, 1.54) is 0 Å². The molecule has 2 rings (SSSR count). The van der Waals surface area contributed by atoms with Crippen molar-refractivity contribution in [1.82, 2.24) is 19.8 Å². The Hall–Kier alpha value is -1.50. The Morgan fingerprint density at radius 2 is 2.17 bits per heavy atom. The molecule has 2 heterocycles. The van der Waals surface area contributed by atoms with E-state index in [4.69, 9.17) is 0 Å². The predicted octanol–water partition coefficient (Wildman–Crippen LogP) is 1.42. The third-order valence-electron chi connectivity index (χ3n) is 3.76. The van der Waals surface area contributed by atoms with Crippen LogP contribution in [0.4, 0.5) is 0 Å². The van der Waals surface area contributed by atoms with Crippen LogP contribution in [0.5, 0.6) is 0 Å². The summed E-state index contributed by atoms with van der Waals surface area (Å²) in [5.41, 5.74) is -0.0659. The highest BCUT2D eigenvalue weighted by molar-refractivity contribution is 7.99. The molecule has 1 fully saturated rings. The van der Waals surface area contributed by atoms with Crippen molar-refractivity contribution < 1.29 is 9.59 Å². The lowest BCUT2D eigenvalue weighted by atomic mass is 9.91. The van der Waals surface area contributed by atoms with E-state index in [-0.39, 0.29) is 23.3 Å². The molecule has 0 saturated carbocycles. The summed E-state index contributed by atoms with van der Waals surface area (Å²) in [4.78, 5) is 30.7. The molecular weight excluding hydrogens is 312 g/mol. The van der Waals surface area contributed by atoms with Crippen LogP contribution in [-0.4, -0.2) is 50.5 Å². The van der Waals surface area contributed by atoms with Crippen LogP contribution in [0.25, 0.3) is 0 Å². The van der Waals surface area contributed by atoms with Crippen molar-refractivity contribution in [3.63, 3.8) is 0 Å². The molecule has 2 amide bonds. The number of nitrogens with one attached hydrogen (secondary N) is 1. The molecule has 1 atom stereocenters. The van der Waals surface area contributed by atoms with Gasteiger partial charge in [0.1, 0.15) is 11.9 Å². The van der Waals surface area contributed by atoms with E-state index in [0.29, 0.717) is 31.0 Å². The van der Waals surface area contributed by atoms with Crippen molar-refractivity contribution in [2.24, 2.45) is 12.5 Å². The number of nitrogens with zero attached hydrogens (tertiary/aromatic N) is 3. The van der Waals surface area contributed by atoms with E-state index in [9.17, 15) is 9.59 Å². The van der Waals surface area contributed by atoms with Gasteiger partial charge < -0.3 is 14.8 Å². The zero-order chi connectivity index (χ0) is 17.0. The van der Waals surface area contributed by atoms with Crippen LogP contribution in [0, 0.1) is 5.41 Å². The summed E-state index contributed by atoms with van der Waals surface area (Å²) in [6.07, 6.45) is 4.78. The summed E-state index contributed by atoms with van der Waals surface area (Å²) in [5, 5.41) is 2.94. The van der Waals surface area contributed by atoms with Gasteiger partial charge in [-0.05, 0) is 5.41 Å². The Morgan fingerprint density at radius 1 is 1.43 bits per heavy atom. The maximum Gasteiger partial charge on any atom is 0.243 e. The van der Waals surface area contributed by atoms with Crippen LogP contribution < -0.4 is 5.32 Å². The maximum absolute atomic E-state index is 12.4. The van der Waals surface area contributed by atoms with Gasteiger partial charge in [0.2, 0.25) is 11.8 Å². The molecule has 0 unspecified atom stereocenters. The fourth-order valence-corrected chi connectivity index (χ4v) is 3.69. The number of aromatic nitrogens is 2. The van der Waals surface area contributed by atoms with Crippen LogP contribution in [0.3, 0.4) is 0 Å². The lowest BCUT2D eigenvalue weighted by molar-refractivity contribution is -0.139. The number of hydrogen-bond donors (Lipinski definition) is 1. The summed E-state index contributed by atoms with van der Waals surface area (Å²) in [7, 11) is 1.94. The zero-order valence-corrected chi connectivity index (χ0v) is 15.2. The Kier molecular flexibility index (Phi) is 5.73. The molecular formula is C16H26N4O2S. The molecule has 1 N–H and O–H groups in total. The molecule has 1 aromatic heterocycles. The molecule has 1 saturated heterocycles. The highest BCUT2D eigenvalue weighted by Crippen LogP contribution is 2.26. The first-order valence-corrected chi connectivity index (χ1v) is 9.04. The van der Waals surface area contributed by atoms with E-state index in [1.807, 2.05) is 38.6 Å². The van der Waals surface area contributed by atoms with E-state index in [1.54, 1.807) is 22.9 Å². The molecule has 7 heteroatoms. The number of amides is 2. The standard InChI is InChI=1S/C16H26N4O2S/c1-16(2,3)9-14(21)20-11-23-10-12(20)15(22)18-6-5-13-17-7-8-19(13)4/h7-8,12H,5-6,9-11H2,1-4H3,(H,18,22)/t12-/m1/s1. The van der Waals surface area contributed by atoms with E-state index in [0.717, 1.165) is 5.82 Å². The van der Waals surface area contributed by atoms with Gasteiger partial charge in [-0.25, -0.2) is 4.98 Å². The molecule has 0 spiro atoms. The molecule has 23 heavy (non-hydrogen) atoms. The fraction of sp³-hybridized carbons (Fsp3) is 0.688. The number of aryl methyl sites for hydroxylation is 1. The van der Waals surface area contributed by atoms with Gasteiger partial charge in [-0.15, -0.1) is 11.8 Å². The van der Waals surface area contributed by atoms with Crippen molar-refractivity contribution in [3.05, 3.63) is 18.2 Å². The molecule has 1 aromatic rings. The van der Waals surface area contributed by atoms with Gasteiger partial charge in [-0.3, -0.25) is 9.59 Å². The number of hydrogen-bond acceptors (Lipinski definition) is 4. The van der Waals surface area contributed by atoms with E-state index >= 15 is 0 Å². The van der Waals surface area contributed by atoms with E-state index in [2.05, 4.69) is 10.3 Å². The monoisotopic (exact) mass is 338 g/mol. The number of carbonyl (C=O) groups is 2. The predicted molar refractivity (Wildman–Crippen MR) is 92.0 cm³/mol. The summed E-state index contributed by atoms with van der Waals surface area (Å²) >= 11 is 1.63. The molecule has 0 aliphatic carbocycles. The van der Waals surface area contributed by atoms with Crippen LogP contribution in [0.1, 0.15) is 33.0 Å². The fourth-order valence-electron chi connectivity index (χ4n) is 2.51. The zero-order valence-electron chi connectivity index (χ0n) is 14.3. The Bertz CT molecular complexity index is 565. The summed E-state index contributed by atoms with van der Waals surface area (Å²) in [6.45, 7) is 6.65. The third-order valence-corrected chi connectivity index (χ3v) is 4.77. The SMILES string of the molecule is Cn1ccnc1CCNC(=O)[C@H]1CSCN1C(=O)CC(C)(C)C. The average molecular weight is 338 g/mol. The average Bonchev–Trinajstić information content (AvgIpc) is 3.06. The minimum atomic E-state index is -0.351. The number of carbonyl (C=O) groups excluding carboxylic acids is 2. The van der Waals surface area contributed by atoms with Gasteiger partial charge in [-0.1, -0.05) is 20.8 Å². The van der Waals surface area contributed by atoms with Crippen molar-refractivity contribution >= 4 is 23.6 Å². The molecule has 1 aliphatic heterocycles. The highest BCUT2D eigenvalue weighted by Gasteiger charge is 2.35. The van der Waals surface area contributed by atoms with E-state index < -0.39 is 0 Å². The highest BCUT2D eigenvalue weighted by atomic mass is 32.2. The minimum Gasteiger partial charge on any atom is -0.354 e. The summed E-state index contributed by atoms with van der Waals surface area (Å²) < 4.78 is 1.94. The van der Waals surface area contributed by atoms with Crippen LogP contribution in [0.15, 0.2) is 12.4 Å². The van der Waals surface area contributed by atoms with Crippen molar-refractivity contribution in [2.75, 3.05) is 18.2 Å². The maximum atomic E-state index is 12.4. The molecule has 1 aliphatic rings. The van der Waals surface area contributed by atoms with Crippen molar-refractivity contribution in [3.8, 4) is 0 Å². The second-order valence-electron chi connectivity index (χ2n) is 7.11. The number of imidazole rings is 1. The van der Waals surface area contributed by atoms with Crippen LogP contribution >= 0.6 is 11.8 Å². The summed E-state index contributed by atoms with van der Waals surface area (Å²) in [6, 6.07) is -0.351. The normalized spacial score (nSPS) is 18.3. The Morgan fingerprint density at radius 3 is 2.78 bits per heavy atom. The Balaban J connectivity index is 1.85. The van der Waals surface area contributed by atoms with Gasteiger partial charge in [0.05, 0.1) is 5.88 Å². The molecule has 0 radical (unpaired) electrons. The number of rotatable bonds is 5. The molecule has 6 nitrogen and oxygen atoms in total. The molecule has 0 bridgehead atoms. The first-order chi connectivity index (χ1) is 10.8. The lowest BCUT2D eigenvalue weighted by Crippen LogP contribution is -2.48. The topological polar surface area (TPSA) is 67.2 Å². The number of thioether (sulfide) groups is 1. The first kappa shape index (κ1) is 17.8. The van der Waals surface area contributed by atoms with Crippen LogP contribution in [-0.2, 0) is 23.1 Å². The van der Waals surface area contributed by atoms with Gasteiger partial charge in [0.25, 0.3) is 0 Å². The van der Waals surface area contributed by atoms with Gasteiger partial charge in [0, 0.05) is 44.6 Å². The third kappa shape index (κ3) is 4.99. The second kappa shape index (κ2) is 7.38. The van der Waals surface area contributed by atoms with Crippen molar-refractivity contribution in [1.29, 1.82) is 0 Å². The second-order valence-corrected chi connectivity index (χ2v) is 8.11.